The van der Waals surface area contributed by atoms with Crippen LogP contribution in [0, 0.1) is 6.92 Å². The van der Waals surface area contributed by atoms with Gasteiger partial charge in [-0.3, -0.25) is 9.36 Å². The molecule has 0 N–H and O–H groups in total. The molecule has 1 aromatic heterocycles. The van der Waals surface area contributed by atoms with Crippen molar-refractivity contribution >= 4 is 34.3 Å². The summed E-state index contributed by atoms with van der Waals surface area (Å²) in [6, 6.07) is 13.6. The molecular formula is C21H22ClN3O3. The summed E-state index contributed by atoms with van der Waals surface area (Å²) < 4.78 is 6.59. The monoisotopic (exact) mass is 399 g/mol. The summed E-state index contributed by atoms with van der Waals surface area (Å²) in [5.74, 6) is -0.632. The van der Waals surface area contributed by atoms with Gasteiger partial charge in [-0.1, -0.05) is 23.7 Å². The van der Waals surface area contributed by atoms with Gasteiger partial charge < -0.3 is 14.2 Å². The minimum absolute atomic E-state index is 0.0371. The van der Waals surface area contributed by atoms with E-state index in [9.17, 15) is 9.59 Å². The number of oxazole rings is 1. The molecule has 0 aliphatic carbocycles. The Morgan fingerprint density at radius 1 is 1.21 bits per heavy atom. The first kappa shape index (κ1) is 18.6. The molecule has 1 amide bonds. The van der Waals surface area contributed by atoms with E-state index in [2.05, 4.69) is 43.0 Å². The summed E-state index contributed by atoms with van der Waals surface area (Å²) >= 11 is 5.95. The largest absolute Gasteiger partial charge is 0.420 e. The summed E-state index contributed by atoms with van der Waals surface area (Å²) in [6.45, 7) is 6.14. The van der Waals surface area contributed by atoms with E-state index >= 15 is 0 Å². The Kier molecular flexibility index (Phi) is 4.89. The van der Waals surface area contributed by atoms with E-state index in [-0.39, 0.29) is 18.5 Å². The van der Waals surface area contributed by atoms with E-state index in [4.69, 9.17) is 16.0 Å². The molecule has 1 aliphatic rings. The Morgan fingerprint density at radius 2 is 2.04 bits per heavy atom. The molecule has 2 aromatic carbocycles. The third-order valence-corrected chi connectivity index (χ3v) is 5.47. The Labute approximate surface area is 167 Å². The lowest BCUT2D eigenvalue weighted by Gasteiger charge is -2.41. The lowest BCUT2D eigenvalue weighted by molar-refractivity contribution is -0.132. The van der Waals surface area contributed by atoms with Crippen LogP contribution >= 0.6 is 11.6 Å². The first-order chi connectivity index (χ1) is 13.4. The van der Waals surface area contributed by atoms with Crippen LogP contribution in [0.2, 0.25) is 5.02 Å². The highest BCUT2D eigenvalue weighted by atomic mass is 35.5. The predicted octanol–water partition coefficient (Wildman–Crippen LogP) is 3.29. The molecule has 7 heteroatoms. The molecular weight excluding hydrogens is 378 g/mol. The normalized spacial score (nSPS) is 17.3. The fraction of sp³-hybridized carbons (Fsp3) is 0.333. The van der Waals surface area contributed by atoms with Crippen LogP contribution in [0.25, 0.3) is 11.1 Å². The number of anilines is 1. The fourth-order valence-corrected chi connectivity index (χ4v) is 3.96. The third kappa shape index (κ3) is 3.52. The molecule has 1 aliphatic heterocycles. The maximum Gasteiger partial charge on any atom is 0.420 e. The molecule has 0 bridgehead atoms. The molecule has 0 saturated carbocycles. The minimum Gasteiger partial charge on any atom is -0.408 e. The number of hydrogen-bond donors (Lipinski definition) is 0. The van der Waals surface area contributed by atoms with Crippen LogP contribution in [0.3, 0.4) is 0 Å². The number of piperazine rings is 1. The molecule has 4 rings (SSSR count). The number of nitrogens with zero attached hydrogens (tertiary/aromatic N) is 3. The van der Waals surface area contributed by atoms with Gasteiger partial charge in [-0.05, 0) is 43.7 Å². The number of amides is 1. The van der Waals surface area contributed by atoms with Crippen molar-refractivity contribution in [3.8, 4) is 0 Å². The van der Waals surface area contributed by atoms with Crippen molar-refractivity contribution in [3.63, 3.8) is 0 Å². The van der Waals surface area contributed by atoms with Gasteiger partial charge in [0.15, 0.2) is 5.58 Å². The van der Waals surface area contributed by atoms with Crippen molar-refractivity contribution in [2.45, 2.75) is 26.4 Å². The number of halogens is 1. The molecule has 1 fully saturated rings. The summed E-state index contributed by atoms with van der Waals surface area (Å²) in [5, 5.41) is 0.487. The lowest BCUT2D eigenvalue weighted by Crippen LogP contribution is -2.54. The van der Waals surface area contributed by atoms with Gasteiger partial charge >= 0.3 is 5.76 Å². The van der Waals surface area contributed by atoms with Crippen molar-refractivity contribution in [3.05, 3.63) is 63.6 Å². The average Bonchev–Trinajstić information content (AvgIpc) is 2.96. The van der Waals surface area contributed by atoms with Crippen molar-refractivity contribution in [2.24, 2.45) is 0 Å². The Morgan fingerprint density at radius 3 is 2.79 bits per heavy atom. The van der Waals surface area contributed by atoms with E-state index < -0.39 is 5.76 Å². The zero-order valence-electron chi connectivity index (χ0n) is 15.9. The van der Waals surface area contributed by atoms with Crippen LogP contribution in [0.1, 0.15) is 12.5 Å². The number of aromatic nitrogens is 1. The topological polar surface area (TPSA) is 58.7 Å². The van der Waals surface area contributed by atoms with Crippen molar-refractivity contribution < 1.29 is 9.21 Å². The highest BCUT2D eigenvalue weighted by Gasteiger charge is 2.27. The molecule has 1 atom stereocenters. The van der Waals surface area contributed by atoms with Crippen LogP contribution in [0.5, 0.6) is 0 Å². The molecule has 146 valence electrons. The van der Waals surface area contributed by atoms with Crippen molar-refractivity contribution in [1.29, 1.82) is 0 Å². The fourth-order valence-electron chi connectivity index (χ4n) is 3.80. The first-order valence-corrected chi connectivity index (χ1v) is 9.70. The van der Waals surface area contributed by atoms with E-state index in [0.717, 1.165) is 6.54 Å². The Balaban J connectivity index is 1.48. The molecule has 1 unspecified atom stereocenters. The Bertz CT molecular complexity index is 1090. The molecule has 0 spiro atoms. The quantitative estimate of drug-likeness (QED) is 0.678. The number of aryl methyl sites for hydroxylation is 1. The third-order valence-electron chi connectivity index (χ3n) is 5.24. The molecule has 28 heavy (non-hydrogen) atoms. The maximum absolute atomic E-state index is 12.9. The second kappa shape index (κ2) is 7.36. The molecule has 2 heterocycles. The van der Waals surface area contributed by atoms with Crippen LogP contribution in [0.4, 0.5) is 5.69 Å². The van der Waals surface area contributed by atoms with E-state index in [1.54, 1.807) is 18.2 Å². The van der Waals surface area contributed by atoms with Gasteiger partial charge in [-0.15, -0.1) is 0 Å². The first-order valence-electron chi connectivity index (χ1n) is 9.32. The van der Waals surface area contributed by atoms with Gasteiger partial charge in [0.05, 0.1) is 5.52 Å². The summed E-state index contributed by atoms with van der Waals surface area (Å²) in [6.07, 6.45) is 0. The highest BCUT2D eigenvalue weighted by Crippen LogP contribution is 2.22. The van der Waals surface area contributed by atoms with Crippen LogP contribution < -0.4 is 10.7 Å². The second-order valence-electron chi connectivity index (χ2n) is 7.29. The average molecular weight is 400 g/mol. The number of hydrogen-bond acceptors (Lipinski definition) is 4. The number of benzene rings is 2. The number of carbonyl (C=O) groups is 1. The van der Waals surface area contributed by atoms with Crippen LogP contribution in [-0.2, 0) is 11.3 Å². The Hall–Kier alpha value is -2.73. The summed E-state index contributed by atoms with van der Waals surface area (Å²) in [5.41, 5.74) is 3.36. The van der Waals surface area contributed by atoms with Crippen LogP contribution in [0.15, 0.2) is 51.7 Å². The van der Waals surface area contributed by atoms with Gasteiger partial charge in [-0.25, -0.2) is 4.79 Å². The summed E-state index contributed by atoms with van der Waals surface area (Å²) in [4.78, 5) is 29.2. The number of carbonyl (C=O) groups excluding carboxylic acids is 1. The highest BCUT2D eigenvalue weighted by molar-refractivity contribution is 6.31. The van der Waals surface area contributed by atoms with E-state index in [1.807, 2.05) is 4.90 Å². The number of fused-ring (bicyclic) bond motifs is 1. The lowest BCUT2D eigenvalue weighted by atomic mass is 10.1. The predicted molar refractivity (Wildman–Crippen MR) is 110 cm³/mol. The van der Waals surface area contributed by atoms with Crippen molar-refractivity contribution in [2.75, 3.05) is 24.5 Å². The van der Waals surface area contributed by atoms with Gasteiger partial charge in [0.2, 0.25) is 5.91 Å². The second-order valence-corrected chi connectivity index (χ2v) is 7.72. The standard InChI is InChI=1S/C21H22ClN3O3/c1-14-4-3-5-17(10-14)24-9-8-23(12-15(24)2)20(26)13-25-18-7-6-16(22)11-19(18)28-21(25)27/h3-7,10-11,15H,8-9,12-13H2,1-2H3. The number of rotatable bonds is 3. The molecule has 3 aromatic rings. The minimum atomic E-state index is -0.544. The smallest absolute Gasteiger partial charge is 0.408 e. The van der Waals surface area contributed by atoms with Gasteiger partial charge in [0.25, 0.3) is 0 Å². The molecule has 0 radical (unpaired) electrons. The van der Waals surface area contributed by atoms with E-state index in [0.29, 0.717) is 29.2 Å². The molecule has 6 nitrogen and oxygen atoms in total. The SMILES string of the molecule is Cc1cccc(N2CCN(C(=O)Cn3c(=O)oc4cc(Cl)ccc43)CC2C)c1. The molecule has 1 saturated heterocycles. The van der Waals surface area contributed by atoms with Gasteiger partial charge in [-0.2, -0.15) is 0 Å². The van der Waals surface area contributed by atoms with Crippen LogP contribution in [-0.4, -0.2) is 41.1 Å². The van der Waals surface area contributed by atoms with Gasteiger partial charge in [0.1, 0.15) is 6.54 Å². The van der Waals surface area contributed by atoms with Gasteiger partial charge in [0, 0.05) is 42.5 Å². The zero-order chi connectivity index (χ0) is 19.8. The maximum atomic E-state index is 12.9. The van der Waals surface area contributed by atoms with Crippen molar-refractivity contribution in [1.82, 2.24) is 9.47 Å². The summed E-state index contributed by atoms with van der Waals surface area (Å²) in [7, 11) is 0. The zero-order valence-corrected chi connectivity index (χ0v) is 16.6. The van der Waals surface area contributed by atoms with E-state index in [1.165, 1.54) is 15.8 Å².